The smallest absolute Gasteiger partial charge is 0.408 e. The van der Waals surface area contributed by atoms with Crippen LogP contribution in [0.2, 0.25) is 0 Å². The van der Waals surface area contributed by atoms with Crippen LogP contribution in [0.3, 0.4) is 0 Å². The topological polar surface area (TPSA) is 140 Å². The van der Waals surface area contributed by atoms with Crippen molar-refractivity contribution in [1.29, 1.82) is 0 Å². The number of benzene rings is 1. The van der Waals surface area contributed by atoms with Crippen LogP contribution in [0.15, 0.2) is 27.8 Å². The van der Waals surface area contributed by atoms with Gasteiger partial charge < -0.3 is 19.8 Å². The Morgan fingerprint density at radius 2 is 1.72 bits per heavy atom. The molecule has 0 spiro atoms. The molecule has 1 heterocycles. The molecule has 1 atom stereocenters. The molecule has 176 valence electrons. The molecular weight excluding hydrogens is 436 g/mol. The molecule has 0 saturated heterocycles. The third-order valence-corrected chi connectivity index (χ3v) is 5.70. The first kappa shape index (κ1) is 25.3. The number of carbonyl (C=O) groups is 2. The molecule has 0 saturated carbocycles. The normalized spacial score (nSPS) is 13.0. The average molecular weight is 467 g/mol. The van der Waals surface area contributed by atoms with E-state index in [0.717, 1.165) is 11.1 Å². The second-order valence-electron chi connectivity index (χ2n) is 8.85. The fourth-order valence-corrected chi connectivity index (χ4v) is 3.76. The molecule has 0 radical (unpaired) electrons. The molecule has 2 aromatic rings. The summed E-state index contributed by atoms with van der Waals surface area (Å²) >= 11 is 0. The average Bonchev–Trinajstić information content (AvgIpc) is 3.11. The maximum absolute atomic E-state index is 12.6. The molecule has 2 amide bonds. The van der Waals surface area contributed by atoms with Gasteiger partial charge in [0.2, 0.25) is 21.6 Å². The van der Waals surface area contributed by atoms with Gasteiger partial charge in [-0.3, -0.25) is 4.79 Å². The van der Waals surface area contributed by atoms with Gasteiger partial charge in [-0.25, -0.2) is 13.2 Å². The Morgan fingerprint density at radius 1 is 1.12 bits per heavy atom. The summed E-state index contributed by atoms with van der Waals surface area (Å²) < 4.78 is 35.9. The molecule has 2 N–H and O–H groups in total. The Hall–Kier alpha value is -2.95. The molecular formula is C21H30N4O6S. The van der Waals surface area contributed by atoms with Crippen LogP contribution >= 0.6 is 0 Å². The number of sulfone groups is 1. The Bertz CT molecular complexity index is 1070. The summed E-state index contributed by atoms with van der Waals surface area (Å²) in [5, 5.41) is 11.9. The minimum absolute atomic E-state index is 0.0976. The summed E-state index contributed by atoms with van der Waals surface area (Å²) in [5.41, 5.74) is 1.46. The predicted octanol–water partition coefficient (Wildman–Crippen LogP) is 3.32. The summed E-state index contributed by atoms with van der Waals surface area (Å²) in [6.45, 7) is 12.4. The fourth-order valence-electron chi connectivity index (χ4n) is 2.84. The van der Waals surface area contributed by atoms with Gasteiger partial charge in [0.15, 0.2) is 0 Å². The maximum Gasteiger partial charge on any atom is 0.408 e. The van der Waals surface area contributed by atoms with Crippen LogP contribution in [0.1, 0.15) is 57.7 Å². The first-order valence-electron chi connectivity index (χ1n) is 10.1. The quantitative estimate of drug-likeness (QED) is 0.633. The van der Waals surface area contributed by atoms with Crippen LogP contribution < -0.4 is 10.6 Å². The highest BCUT2D eigenvalue weighted by Crippen LogP contribution is 2.24. The third kappa shape index (κ3) is 6.78. The van der Waals surface area contributed by atoms with Crippen molar-refractivity contribution in [2.45, 2.75) is 65.3 Å². The van der Waals surface area contributed by atoms with Crippen molar-refractivity contribution in [3.63, 3.8) is 0 Å². The fraction of sp³-hybridized carbons (Fsp3) is 0.524. The molecule has 0 aliphatic heterocycles. The van der Waals surface area contributed by atoms with E-state index in [-0.39, 0.29) is 11.8 Å². The van der Waals surface area contributed by atoms with E-state index in [0.29, 0.717) is 5.69 Å². The summed E-state index contributed by atoms with van der Waals surface area (Å²) in [6.07, 6.45) is -0.702. The SMILES string of the molecule is Cc1cccc(C)c1NC(=O)CS(=O)(=O)c1nnc(C(NC(=O)OC(C)(C)C)C(C)C)o1. The van der Waals surface area contributed by atoms with Crippen molar-refractivity contribution in [2.24, 2.45) is 5.92 Å². The highest BCUT2D eigenvalue weighted by atomic mass is 32.2. The van der Waals surface area contributed by atoms with Crippen molar-refractivity contribution >= 4 is 27.5 Å². The Kier molecular flexibility index (Phi) is 7.66. The van der Waals surface area contributed by atoms with E-state index in [1.54, 1.807) is 34.6 Å². The van der Waals surface area contributed by atoms with Gasteiger partial charge in [-0.05, 0) is 51.7 Å². The van der Waals surface area contributed by atoms with Gasteiger partial charge in [0.1, 0.15) is 17.4 Å². The van der Waals surface area contributed by atoms with Gasteiger partial charge in [0, 0.05) is 5.69 Å². The number of nitrogens with zero attached hydrogens (tertiary/aromatic N) is 2. The van der Waals surface area contributed by atoms with E-state index < -0.39 is 44.5 Å². The molecule has 2 rings (SSSR count). The number of ether oxygens (including phenoxy) is 1. The molecule has 0 fully saturated rings. The van der Waals surface area contributed by atoms with Crippen LogP contribution in [-0.4, -0.2) is 42.0 Å². The summed E-state index contributed by atoms with van der Waals surface area (Å²) in [7, 11) is -4.20. The molecule has 10 nitrogen and oxygen atoms in total. The zero-order chi connectivity index (χ0) is 24.3. The molecule has 1 aromatic heterocycles. The summed E-state index contributed by atoms with van der Waals surface area (Å²) in [4.78, 5) is 24.5. The number of aromatic nitrogens is 2. The van der Waals surface area contributed by atoms with Crippen LogP contribution in [0.25, 0.3) is 0 Å². The van der Waals surface area contributed by atoms with Crippen molar-refractivity contribution in [3.05, 3.63) is 35.2 Å². The van der Waals surface area contributed by atoms with Crippen molar-refractivity contribution in [1.82, 2.24) is 15.5 Å². The second kappa shape index (κ2) is 9.68. The van der Waals surface area contributed by atoms with E-state index in [2.05, 4.69) is 20.8 Å². The lowest BCUT2D eigenvalue weighted by Gasteiger charge is -2.23. The van der Waals surface area contributed by atoms with Gasteiger partial charge in [-0.1, -0.05) is 37.1 Å². The van der Waals surface area contributed by atoms with Gasteiger partial charge >= 0.3 is 11.3 Å². The van der Waals surface area contributed by atoms with E-state index in [4.69, 9.17) is 9.15 Å². The number of para-hydroxylation sites is 1. The van der Waals surface area contributed by atoms with Crippen LogP contribution in [0.4, 0.5) is 10.5 Å². The van der Waals surface area contributed by atoms with E-state index in [9.17, 15) is 18.0 Å². The van der Waals surface area contributed by atoms with Crippen molar-refractivity contribution < 1.29 is 27.2 Å². The number of hydrogen-bond donors (Lipinski definition) is 2. The van der Waals surface area contributed by atoms with Crippen LogP contribution in [-0.2, 0) is 19.4 Å². The van der Waals surface area contributed by atoms with Gasteiger partial charge in [-0.15, -0.1) is 5.10 Å². The minimum atomic E-state index is -4.20. The first-order chi connectivity index (χ1) is 14.7. The third-order valence-electron chi connectivity index (χ3n) is 4.36. The van der Waals surface area contributed by atoms with Gasteiger partial charge in [-0.2, -0.15) is 0 Å². The number of carbonyl (C=O) groups excluding carboxylic acids is 2. The van der Waals surface area contributed by atoms with Crippen LogP contribution in [0, 0.1) is 19.8 Å². The lowest BCUT2D eigenvalue weighted by Crippen LogP contribution is -2.37. The van der Waals surface area contributed by atoms with E-state index in [1.807, 2.05) is 32.0 Å². The Labute approximate surface area is 188 Å². The zero-order valence-electron chi connectivity index (χ0n) is 19.3. The highest BCUT2D eigenvalue weighted by molar-refractivity contribution is 7.91. The lowest BCUT2D eigenvalue weighted by molar-refractivity contribution is -0.113. The lowest BCUT2D eigenvalue weighted by atomic mass is 10.1. The number of anilines is 1. The monoisotopic (exact) mass is 466 g/mol. The zero-order valence-corrected chi connectivity index (χ0v) is 20.2. The number of rotatable bonds is 7. The molecule has 32 heavy (non-hydrogen) atoms. The molecule has 1 unspecified atom stereocenters. The van der Waals surface area contributed by atoms with Crippen LogP contribution in [0.5, 0.6) is 0 Å². The van der Waals surface area contributed by atoms with E-state index >= 15 is 0 Å². The molecule has 11 heteroatoms. The molecule has 1 aromatic carbocycles. The summed E-state index contributed by atoms with van der Waals surface area (Å²) in [6, 6.07) is 4.69. The largest absolute Gasteiger partial charge is 0.444 e. The number of aryl methyl sites for hydroxylation is 2. The summed E-state index contributed by atoms with van der Waals surface area (Å²) in [5.74, 6) is -1.89. The highest BCUT2D eigenvalue weighted by Gasteiger charge is 2.31. The van der Waals surface area contributed by atoms with Crippen molar-refractivity contribution in [3.8, 4) is 0 Å². The number of alkyl carbamates (subject to hydrolysis) is 1. The Morgan fingerprint density at radius 3 is 2.25 bits per heavy atom. The molecule has 0 aliphatic rings. The van der Waals surface area contributed by atoms with Crippen molar-refractivity contribution in [2.75, 3.05) is 11.1 Å². The first-order valence-corrected chi connectivity index (χ1v) is 11.8. The Balaban J connectivity index is 2.15. The molecule has 0 aliphatic carbocycles. The van der Waals surface area contributed by atoms with Gasteiger partial charge in [0.05, 0.1) is 0 Å². The maximum atomic E-state index is 12.6. The number of amides is 2. The number of hydrogen-bond acceptors (Lipinski definition) is 8. The minimum Gasteiger partial charge on any atom is -0.444 e. The standard InChI is InChI=1S/C21H30N4O6S/c1-12(2)16(23-19(27)31-21(5,6)7)18-24-25-20(30-18)32(28,29)11-15(26)22-17-13(3)9-8-10-14(17)4/h8-10,12,16H,11H2,1-7H3,(H,22,26)(H,23,27). The number of nitrogens with one attached hydrogen (secondary N) is 2. The molecule has 0 bridgehead atoms. The van der Waals surface area contributed by atoms with E-state index in [1.165, 1.54) is 0 Å². The second-order valence-corrected chi connectivity index (χ2v) is 10.7. The predicted molar refractivity (Wildman–Crippen MR) is 118 cm³/mol. The van der Waals surface area contributed by atoms with Gasteiger partial charge in [0.25, 0.3) is 0 Å².